The van der Waals surface area contributed by atoms with Crippen LogP contribution in [-0.4, -0.2) is 39.5 Å². The van der Waals surface area contributed by atoms with Crippen molar-refractivity contribution in [2.75, 3.05) is 7.05 Å². The normalized spacial score (nSPS) is 12.2. The van der Waals surface area contributed by atoms with Crippen LogP contribution >= 0.6 is 11.6 Å². The van der Waals surface area contributed by atoms with Crippen molar-refractivity contribution < 1.29 is 8.42 Å². The number of hydrogen-bond acceptors (Lipinski definition) is 4. The smallest absolute Gasteiger partial charge is 0.246 e. The highest BCUT2D eigenvalue weighted by atomic mass is 35.5. The van der Waals surface area contributed by atoms with Crippen molar-refractivity contribution in [3.8, 4) is 0 Å². The fourth-order valence-corrected chi connectivity index (χ4v) is 3.61. The molecule has 110 valence electrons. The highest BCUT2D eigenvalue weighted by Gasteiger charge is 2.28. The van der Waals surface area contributed by atoms with E-state index in [-0.39, 0.29) is 17.3 Å². The van der Waals surface area contributed by atoms with Gasteiger partial charge in [-0.05, 0) is 6.92 Å². The first-order valence-corrected chi connectivity index (χ1v) is 7.87. The second kappa shape index (κ2) is 5.55. The Hall–Kier alpha value is -1.38. The monoisotopic (exact) mass is 317 g/mol. The van der Waals surface area contributed by atoms with Crippen LogP contribution < -0.4 is 0 Å². The number of nitrogens with zero attached hydrogens (tertiary/aromatic N) is 4. The van der Waals surface area contributed by atoms with Gasteiger partial charge in [-0.1, -0.05) is 0 Å². The average Bonchev–Trinajstić information content (AvgIpc) is 2.96. The van der Waals surface area contributed by atoms with E-state index >= 15 is 0 Å². The lowest BCUT2D eigenvalue weighted by Gasteiger charge is -2.17. The number of halogens is 1. The fourth-order valence-electron chi connectivity index (χ4n) is 1.89. The Morgan fingerprint density at radius 1 is 1.50 bits per heavy atom. The standard InChI is InChI=1S/C11H16ClN5O2S/c1-8-11(9(6-12)15-14-8)20(18,19)17(3)7-10-13-4-5-16(10)2/h4-5H,6-7H2,1-3H3,(H,14,15). The molecule has 0 aliphatic heterocycles. The second-order valence-electron chi connectivity index (χ2n) is 4.47. The van der Waals surface area contributed by atoms with E-state index in [2.05, 4.69) is 15.2 Å². The van der Waals surface area contributed by atoms with Crippen LogP contribution in [0.1, 0.15) is 17.2 Å². The molecule has 2 rings (SSSR count). The highest BCUT2D eigenvalue weighted by Crippen LogP contribution is 2.23. The minimum absolute atomic E-state index is 0.0369. The van der Waals surface area contributed by atoms with Gasteiger partial charge in [-0.15, -0.1) is 11.6 Å². The Kier molecular flexibility index (Phi) is 4.17. The lowest BCUT2D eigenvalue weighted by molar-refractivity contribution is 0.450. The first-order chi connectivity index (χ1) is 9.37. The fraction of sp³-hybridized carbons (Fsp3) is 0.455. The second-order valence-corrected chi connectivity index (χ2v) is 6.72. The van der Waals surface area contributed by atoms with Crippen LogP contribution in [0.25, 0.3) is 0 Å². The van der Waals surface area contributed by atoms with Crippen molar-refractivity contribution in [2.45, 2.75) is 24.2 Å². The van der Waals surface area contributed by atoms with Crippen LogP contribution in [-0.2, 0) is 29.5 Å². The van der Waals surface area contributed by atoms with Crippen molar-refractivity contribution in [1.82, 2.24) is 24.1 Å². The van der Waals surface area contributed by atoms with Gasteiger partial charge in [0, 0.05) is 26.5 Å². The molecule has 9 heteroatoms. The minimum atomic E-state index is -3.66. The Labute approximate surface area is 122 Å². The number of sulfonamides is 1. The van der Waals surface area contributed by atoms with E-state index in [9.17, 15) is 8.42 Å². The summed E-state index contributed by atoms with van der Waals surface area (Å²) in [6.45, 7) is 1.84. The van der Waals surface area contributed by atoms with Gasteiger partial charge in [-0.2, -0.15) is 9.40 Å². The summed E-state index contributed by atoms with van der Waals surface area (Å²) in [5, 5.41) is 6.57. The number of aryl methyl sites for hydroxylation is 2. The summed E-state index contributed by atoms with van der Waals surface area (Å²) in [5.74, 6) is 0.694. The molecule has 20 heavy (non-hydrogen) atoms. The zero-order valence-electron chi connectivity index (χ0n) is 11.5. The number of nitrogens with one attached hydrogen (secondary N) is 1. The Bertz CT molecular complexity index is 706. The van der Waals surface area contributed by atoms with E-state index in [1.165, 1.54) is 11.4 Å². The summed E-state index contributed by atoms with van der Waals surface area (Å²) in [4.78, 5) is 4.27. The molecule has 2 aromatic heterocycles. The van der Waals surface area contributed by atoms with Gasteiger partial charge in [0.2, 0.25) is 10.0 Å². The third-order valence-electron chi connectivity index (χ3n) is 3.04. The Balaban J connectivity index is 2.35. The summed E-state index contributed by atoms with van der Waals surface area (Å²) in [6.07, 6.45) is 3.40. The number of alkyl halides is 1. The molecule has 0 spiro atoms. The molecule has 0 saturated heterocycles. The molecule has 0 aromatic carbocycles. The number of aromatic nitrogens is 4. The van der Waals surface area contributed by atoms with Crippen molar-refractivity contribution >= 4 is 21.6 Å². The van der Waals surface area contributed by atoms with E-state index in [1.807, 2.05) is 7.05 Å². The molecule has 0 amide bonds. The Morgan fingerprint density at radius 2 is 2.20 bits per heavy atom. The van der Waals surface area contributed by atoms with Crippen LogP contribution in [0.3, 0.4) is 0 Å². The van der Waals surface area contributed by atoms with Gasteiger partial charge in [0.15, 0.2) is 0 Å². The quantitative estimate of drug-likeness (QED) is 0.834. The van der Waals surface area contributed by atoms with Crippen LogP contribution in [0.4, 0.5) is 0 Å². The van der Waals surface area contributed by atoms with Gasteiger partial charge in [-0.25, -0.2) is 13.4 Å². The first kappa shape index (κ1) is 15.0. The van der Waals surface area contributed by atoms with Crippen molar-refractivity contribution in [1.29, 1.82) is 0 Å². The highest BCUT2D eigenvalue weighted by molar-refractivity contribution is 7.89. The molecule has 7 nitrogen and oxygen atoms in total. The number of aromatic amines is 1. The zero-order chi connectivity index (χ0) is 14.9. The predicted octanol–water partition coefficient (Wildman–Crippen LogP) is 1.01. The third kappa shape index (κ3) is 2.58. The molecule has 0 aliphatic rings. The summed E-state index contributed by atoms with van der Waals surface area (Å²) >= 11 is 5.74. The number of rotatable bonds is 5. The lowest BCUT2D eigenvalue weighted by atomic mass is 10.4. The van der Waals surface area contributed by atoms with Crippen LogP contribution in [0.2, 0.25) is 0 Å². The van der Waals surface area contributed by atoms with E-state index in [0.29, 0.717) is 17.2 Å². The molecule has 0 fully saturated rings. The molecule has 2 heterocycles. The lowest BCUT2D eigenvalue weighted by Crippen LogP contribution is -2.28. The third-order valence-corrected chi connectivity index (χ3v) is 5.30. The molecule has 0 radical (unpaired) electrons. The van der Waals surface area contributed by atoms with Gasteiger partial charge >= 0.3 is 0 Å². The first-order valence-electron chi connectivity index (χ1n) is 5.90. The van der Waals surface area contributed by atoms with Gasteiger partial charge in [-0.3, -0.25) is 5.10 Å². The maximum absolute atomic E-state index is 12.6. The molecule has 0 saturated carbocycles. The van der Waals surface area contributed by atoms with E-state index in [1.54, 1.807) is 23.9 Å². The van der Waals surface area contributed by atoms with Crippen LogP contribution in [0, 0.1) is 6.92 Å². The van der Waals surface area contributed by atoms with Gasteiger partial charge < -0.3 is 4.57 Å². The summed E-state index contributed by atoms with van der Waals surface area (Å²) < 4.78 is 28.2. The zero-order valence-corrected chi connectivity index (χ0v) is 13.0. The van der Waals surface area contributed by atoms with Gasteiger partial charge in [0.25, 0.3) is 0 Å². The summed E-state index contributed by atoms with van der Waals surface area (Å²) in [6, 6.07) is 0. The largest absolute Gasteiger partial charge is 0.337 e. The summed E-state index contributed by atoms with van der Waals surface area (Å²) in [7, 11) is -0.336. The predicted molar refractivity (Wildman–Crippen MR) is 74.7 cm³/mol. The molecule has 0 unspecified atom stereocenters. The summed E-state index contributed by atoms with van der Waals surface area (Å²) in [5.41, 5.74) is 0.809. The van der Waals surface area contributed by atoms with Gasteiger partial charge in [0.1, 0.15) is 10.7 Å². The average molecular weight is 318 g/mol. The van der Waals surface area contributed by atoms with E-state index in [4.69, 9.17) is 11.6 Å². The molecule has 0 aliphatic carbocycles. The molecular weight excluding hydrogens is 302 g/mol. The number of hydrogen-bond donors (Lipinski definition) is 1. The van der Waals surface area contributed by atoms with Crippen molar-refractivity contribution in [2.24, 2.45) is 7.05 Å². The SMILES string of the molecule is Cc1[nH]nc(CCl)c1S(=O)(=O)N(C)Cc1nccn1C. The maximum atomic E-state index is 12.6. The maximum Gasteiger partial charge on any atom is 0.246 e. The topological polar surface area (TPSA) is 83.9 Å². The van der Waals surface area contributed by atoms with E-state index < -0.39 is 10.0 Å². The van der Waals surface area contributed by atoms with Crippen molar-refractivity contribution in [3.05, 3.63) is 29.6 Å². The van der Waals surface area contributed by atoms with Crippen LogP contribution in [0.5, 0.6) is 0 Å². The molecular formula is C11H16ClN5O2S. The molecule has 1 N–H and O–H groups in total. The minimum Gasteiger partial charge on any atom is -0.337 e. The number of imidazole rings is 1. The number of H-pyrrole nitrogens is 1. The van der Waals surface area contributed by atoms with E-state index in [0.717, 1.165) is 0 Å². The Morgan fingerprint density at radius 3 is 2.75 bits per heavy atom. The van der Waals surface area contributed by atoms with Crippen molar-refractivity contribution in [3.63, 3.8) is 0 Å². The molecule has 0 atom stereocenters. The molecule has 2 aromatic rings. The van der Waals surface area contributed by atoms with Crippen LogP contribution in [0.15, 0.2) is 17.3 Å². The van der Waals surface area contributed by atoms with Gasteiger partial charge in [0.05, 0.1) is 23.8 Å². The molecule has 0 bridgehead atoms.